The smallest absolute Gasteiger partial charge is 0.306 e. The number of carbonyl (C=O) groups is 1. The second-order valence-corrected chi connectivity index (χ2v) is 8.05. The molecule has 0 saturated carbocycles. The average molecular weight is 404 g/mol. The van der Waals surface area contributed by atoms with Gasteiger partial charge in [-0.2, -0.15) is 5.10 Å². The van der Waals surface area contributed by atoms with E-state index in [0.29, 0.717) is 28.2 Å². The first-order chi connectivity index (χ1) is 12.8. The molecule has 0 radical (unpaired) electrons. The molecule has 2 atom stereocenters. The van der Waals surface area contributed by atoms with E-state index in [9.17, 15) is 4.79 Å². The minimum atomic E-state index is -0.254. The van der Waals surface area contributed by atoms with Crippen LogP contribution in [0.3, 0.4) is 0 Å². The summed E-state index contributed by atoms with van der Waals surface area (Å²) in [7, 11) is 0. The van der Waals surface area contributed by atoms with Crippen molar-refractivity contribution in [3.05, 3.63) is 64.1 Å². The van der Waals surface area contributed by atoms with Crippen molar-refractivity contribution in [2.75, 3.05) is 11.9 Å². The summed E-state index contributed by atoms with van der Waals surface area (Å²) in [6.45, 7) is 7.06. The molecule has 2 aromatic carbocycles. The van der Waals surface area contributed by atoms with E-state index in [0.717, 1.165) is 17.7 Å². The summed E-state index contributed by atoms with van der Waals surface area (Å²) in [5.41, 5.74) is 2.36. The van der Waals surface area contributed by atoms with Crippen LogP contribution in [0.2, 0.25) is 10.0 Å². The van der Waals surface area contributed by atoms with Gasteiger partial charge in [-0.3, -0.25) is 0 Å². The molecule has 1 aliphatic heterocycles. The van der Waals surface area contributed by atoms with Crippen LogP contribution in [0.4, 0.5) is 10.5 Å². The molecule has 2 amide bonds. The molecule has 2 unspecified atom stereocenters. The summed E-state index contributed by atoms with van der Waals surface area (Å²) in [5.74, 6) is 0.361. The van der Waals surface area contributed by atoms with E-state index in [1.807, 2.05) is 24.3 Å². The first-order valence-electron chi connectivity index (χ1n) is 9.02. The van der Waals surface area contributed by atoms with Crippen LogP contribution < -0.4 is 5.32 Å². The minimum Gasteiger partial charge on any atom is -0.306 e. The third-order valence-corrected chi connectivity index (χ3v) is 5.89. The Bertz CT molecular complexity index is 849. The molecular formula is C21H23Cl2N3O. The lowest BCUT2D eigenvalue weighted by Gasteiger charge is -2.32. The number of anilines is 1. The maximum absolute atomic E-state index is 12.8. The molecule has 0 fully saturated rings. The van der Waals surface area contributed by atoms with Crippen LogP contribution in [0.15, 0.2) is 53.6 Å². The van der Waals surface area contributed by atoms with Gasteiger partial charge in [-0.1, -0.05) is 62.5 Å². The Labute approximate surface area is 170 Å². The molecule has 1 heterocycles. The number of benzene rings is 2. The second kappa shape index (κ2) is 7.91. The molecule has 142 valence electrons. The van der Waals surface area contributed by atoms with E-state index >= 15 is 0 Å². The van der Waals surface area contributed by atoms with Gasteiger partial charge in [0.1, 0.15) is 0 Å². The van der Waals surface area contributed by atoms with E-state index in [2.05, 4.69) is 26.1 Å². The summed E-state index contributed by atoms with van der Waals surface area (Å²) in [6, 6.07) is 14.4. The highest BCUT2D eigenvalue weighted by atomic mass is 35.5. The quantitative estimate of drug-likeness (QED) is 0.639. The number of rotatable bonds is 4. The van der Waals surface area contributed by atoms with Crippen LogP contribution in [0, 0.1) is 11.3 Å². The van der Waals surface area contributed by atoms with Gasteiger partial charge in [-0.15, -0.1) is 0 Å². The van der Waals surface area contributed by atoms with Crippen molar-refractivity contribution < 1.29 is 4.79 Å². The van der Waals surface area contributed by atoms with E-state index in [4.69, 9.17) is 28.3 Å². The van der Waals surface area contributed by atoms with Crippen molar-refractivity contribution in [1.82, 2.24) is 5.01 Å². The molecule has 0 spiro atoms. The van der Waals surface area contributed by atoms with Gasteiger partial charge >= 0.3 is 6.03 Å². The zero-order chi connectivity index (χ0) is 19.6. The number of halogens is 2. The Morgan fingerprint density at radius 2 is 1.70 bits per heavy atom. The summed E-state index contributed by atoms with van der Waals surface area (Å²) in [6.07, 6.45) is 0.996. The zero-order valence-electron chi connectivity index (χ0n) is 15.7. The van der Waals surface area contributed by atoms with E-state index in [1.54, 1.807) is 24.3 Å². The molecule has 0 aromatic heterocycles. The highest BCUT2D eigenvalue weighted by molar-refractivity contribution is 6.31. The Morgan fingerprint density at radius 1 is 1.15 bits per heavy atom. The number of nitrogens with one attached hydrogen (secondary N) is 1. The zero-order valence-corrected chi connectivity index (χ0v) is 17.2. The van der Waals surface area contributed by atoms with Gasteiger partial charge < -0.3 is 5.32 Å². The molecule has 3 rings (SSSR count). The lowest BCUT2D eigenvalue weighted by atomic mass is 9.71. The average Bonchev–Trinajstić information content (AvgIpc) is 3.02. The molecule has 1 aliphatic rings. The van der Waals surface area contributed by atoms with Gasteiger partial charge in [-0.05, 0) is 47.9 Å². The van der Waals surface area contributed by atoms with Gasteiger partial charge in [-0.25, -0.2) is 9.80 Å². The van der Waals surface area contributed by atoms with E-state index in [1.165, 1.54) is 5.01 Å². The molecule has 0 aliphatic carbocycles. The first kappa shape index (κ1) is 19.7. The van der Waals surface area contributed by atoms with Gasteiger partial charge in [0.2, 0.25) is 0 Å². The number of urea groups is 1. The van der Waals surface area contributed by atoms with Gasteiger partial charge in [0, 0.05) is 21.1 Å². The van der Waals surface area contributed by atoms with Crippen LogP contribution in [-0.2, 0) is 0 Å². The highest BCUT2D eigenvalue weighted by Gasteiger charge is 2.44. The third kappa shape index (κ3) is 4.12. The summed E-state index contributed by atoms with van der Waals surface area (Å²) < 4.78 is 0. The standard InChI is InChI=1S/C21H23Cl2N3O/c1-4-14(2)21(3)13-26(20(27)24-18-11-9-17(23)10-12-18)25-19(21)15-5-7-16(22)8-6-15/h5-12,14H,4,13H2,1-3H3,(H,24,27). The van der Waals surface area contributed by atoms with Gasteiger partial charge in [0.05, 0.1) is 12.3 Å². The number of hydrogen-bond acceptors (Lipinski definition) is 2. The third-order valence-electron chi connectivity index (χ3n) is 5.39. The Kier molecular flexibility index (Phi) is 5.78. The summed E-state index contributed by atoms with van der Waals surface area (Å²) in [4.78, 5) is 12.8. The van der Waals surface area contributed by atoms with Crippen LogP contribution in [0.1, 0.15) is 32.8 Å². The predicted octanol–water partition coefficient (Wildman–Crippen LogP) is 6.30. The number of nitrogens with zero attached hydrogens (tertiary/aromatic N) is 2. The number of hydrogen-bond donors (Lipinski definition) is 1. The molecule has 4 nitrogen and oxygen atoms in total. The second-order valence-electron chi connectivity index (χ2n) is 7.18. The molecule has 6 heteroatoms. The molecule has 0 bridgehead atoms. The topological polar surface area (TPSA) is 44.7 Å². The number of amides is 2. The Balaban J connectivity index is 1.89. The molecular weight excluding hydrogens is 381 g/mol. The monoisotopic (exact) mass is 403 g/mol. The highest BCUT2D eigenvalue weighted by Crippen LogP contribution is 2.39. The van der Waals surface area contributed by atoms with Crippen molar-refractivity contribution in [1.29, 1.82) is 0 Å². The van der Waals surface area contributed by atoms with Crippen LogP contribution in [-0.4, -0.2) is 23.3 Å². The fourth-order valence-electron chi connectivity index (χ4n) is 3.33. The first-order valence-corrected chi connectivity index (χ1v) is 9.78. The van der Waals surface area contributed by atoms with E-state index < -0.39 is 0 Å². The lowest BCUT2D eigenvalue weighted by Crippen LogP contribution is -2.39. The van der Waals surface area contributed by atoms with E-state index in [-0.39, 0.29) is 11.4 Å². The molecule has 2 aromatic rings. The normalized spacial score (nSPS) is 20.3. The van der Waals surface area contributed by atoms with Crippen molar-refractivity contribution in [3.8, 4) is 0 Å². The maximum Gasteiger partial charge on any atom is 0.342 e. The summed E-state index contributed by atoms with van der Waals surface area (Å²) >= 11 is 11.9. The Hall–Kier alpha value is -2.04. The number of hydrazone groups is 1. The largest absolute Gasteiger partial charge is 0.342 e. The lowest BCUT2D eigenvalue weighted by molar-refractivity contribution is 0.193. The van der Waals surface area contributed by atoms with Crippen molar-refractivity contribution in [2.24, 2.45) is 16.4 Å². The van der Waals surface area contributed by atoms with Gasteiger partial charge in [0.25, 0.3) is 0 Å². The fourth-order valence-corrected chi connectivity index (χ4v) is 3.58. The van der Waals surface area contributed by atoms with Crippen molar-refractivity contribution in [2.45, 2.75) is 27.2 Å². The molecule has 0 saturated heterocycles. The predicted molar refractivity (Wildman–Crippen MR) is 113 cm³/mol. The minimum absolute atomic E-state index is 0.236. The fraction of sp³-hybridized carbons (Fsp3) is 0.333. The Morgan fingerprint density at radius 3 is 2.26 bits per heavy atom. The van der Waals surface area contributed by atoms with Crippen molar-refractivity contribution in [3.63, 3.8) is 0 Å². The summed E-state index contributed by atoms with van der Waals surface area (Å²) in [5, 5.41) is 10.4. The van der Waals surface area contributed by atoms with Crippen LogP contribution >= 0.6 is 23.2 Å². The SMILES string of the molecule is CCC(C)C1(C)CN(C(=O)Nc2ccc(Cl)cc2)N=C1c1ccc(Cl)cc1. The van der Waals surface area contributed by atoms with Gasteiger partial charge in [0.15, 0.2) is 0 Å². The maximum atomic E-state index is 12.8. The molecule has 27 heavy (non-hydrogen) atoms. The van der Waals surface area contributed by atoms with Crippen LogP contribution in [0.5, 0.6) is 0 Å². The number of carbonyl (C=O) groups excluding carboxylic acids is 1. The van der Waals surface area contributed by atoms with Crippen molar-refractivity contribution >= 4 is 40.6 Å². The molecule has 1 N–H and O–H groups in total. The van der Waals surface area contributed by atoms with Crippen LogP contribution in [0.25, 0.3) is 0 Å².